The third-order valence-corrected chi connectivity index (χ3v) is 4.97. The van der Waals surface area contributed by atoms with Crippen molar-refractivity contribution in [1.82, 2.24) is 5.32 Å². The lowest BCUT2D eigenvalue weighted by Crippen LogP contribution is -2.30. The molecule has 0 bridgehead atoms. The van der Waals surface area contributed by atoms with Crippen molar-refractivity contribution in [2.45, 2.75) is 6.17 Å². The van der Waals surface area contributed by atoms with Crippen LogP contribution in [0.25, 0.3) is 6.08 Å². The number of hydrogen-bond acceptors (Lipinski definition) is 5. The topological polar surface area (TPSA) is 88.6 Å². The summed E-state index contributed by atoms with van der Waals surface area (Å²) in [4.78, 5) is 25.1. The van der Waals surface area contributed by atoms with E-state index in [1.54, 1.807) is 18.2 Å². The zero-order valence-corrected chi connectivity index (χ0v) is 16.2. The summed E-state index contributed by atoms with van der Waals surface area (Å²) >= 11 is 12.6. The fourth-order valence-electron chi connectivity index (χ4n) is 3.13. The molecule has 1 amide bonds. The maximum Gasteiger partial charge on any atom is 0.276 e. The van der Waals surface area contributed by atoms with Crippen molar-refractivity contribution in [2.24, 2.45) is 0 Å². The first-order chi connectivity index (χ1) is 14.0. The molecule has 1 N–H and O–H groups in total. The number of rotatable bonds is 4. The number of non-ortho nitro benzene ring substituents is 1. The van der Waals surface area contributed by atoms with Gasteiger partial charge in [-0.3, -0.25) is 19.8 Å². The molecule has 1 saturated heterocycles. The Morgan fingerprint density at radius 1 is 1.10 bits per heavy atom. The van der Waals surface area contributed by atoms with Crippen LogP contribution in [0.2, 0.25) is 10.0 Å². The summed E-state index contributed by atoms with van der Waals surface area (Å²) in [5, 5.41) is 14.3. The predicted octanol–water partition coefficient (Wildman–Crippen LogP) is 5.17. The van der Waals surface area contributed by atoms with Crippen LogP contribution in [-0.2, 0) is 4.79 Å². The number of benzene rings is 2. The second-order valence-corrected chi connectivity index (χ2v) is 7.04. The summed E-state index contributed by atoms with van der Waals surface area (Å²) < 4.78 is 5.30. The molecule has 2 heterocycles. The number of carbonyl (C=O) groups excluding carboxylic acids is 1. The van der Waals surface area contributed by atoms with Crippen LogP contribution in [0, 0.1) is 10.1 Å². The summed E-state index contributed by atoms with van der Waals surface area (Å²) in [5.41, 5.74) is 0.993. The van der Waals surface area contributed by atoms with E-state index in [9.17, 15) is 14.9 Å². The van der Waals surface area contributed by atoms with Gasteiger partial charge in [0.2, 0.25) is 0 Å². The molecule has 9 heteroatoms. The van der Waals surface area contributed by atoms with Gasteiger partial charge in [0.1, 0.15) is 17.6 Å². The van der Waals surface area contributed by atoms with Gasteiger partial charge in [0.15, 0.2) is 0 Å². The Labute approximate surface area is 175 Å². The summed E-state index contributed by atoms with van der Waals surface area (Å²) in [5.74, 6) is 0.100. The van der Waals surface area contributed by atoms with Gasteiger partial charge >= 0.3 is 0 Å². The monoisotopic (exact) mass is 429 g/mol. The lowest BCUT2D eigenvalue weighted by Gasteiger charge is -2.25. The zero-order chi connectivity index (χ0) is 20.5. The maximum atomic E-state index is 13.2. The van der Waals surface area contributed by atoms with Gasteiger partial charge in [-0.05, 0) is 17.7 Å². The highest BCUT2D eigenvalue weighted by atomic mass is 35.5. The molecule has 1 aliphatic rings. The predicted molar refractivity (Wildman–Crippen MR) is 110 cm³/mol. The van der Waals surface area contributed by atoms with E-state index in [1.165, 1.54) is 23.3 Å². The van der Waals surface area contributed by atoms with Crippen LogP contribution >= 0.6 is 23.2 Å². The molecule has 0 aliphatic carbocycles. The van der Waals surface area contributed by atoms with Gasteiger partial charge in [-0.2, -0.15) is 0 Å². The van der Waals surface area contributed by atoms with Crippen molar-refractivity contribution in [3.63, 3.8) is 0 Å². The highest BCUT2D eigenvalue weighted by molar-refractivity contribution is 6.40. The number of amides is 1. The second kappa shape index (κ2) is 7.62. The smallest absolute Gasteiger partial charge is 0.276 e. The van der Waals surface area contributed by atoms with Crippen molar-refractivity contribution >= 4 is 46.6 Å². The Hall–Kier alpha value is -3.29. The lowest BCUT2D eigenvalue weighted by atomic mass is 10.1. The van der Waals surface area contributed by atoms with E-state index in [4.69, 9.17) is 27.6 Å². The number of carbonyl (C=O) groups is 1. The van der Waals surface area contributed by atoms with Crippen molar-refractivity contribution in [3.8, 4) is 0 Å². The molecule has 3 aromatic rings. The van der Waals surface area contributed by atoms with E-state index in [0.29, 0.717) is 5.76 Å². The lowest BCUT2D eigenvalue weighted by molar-refractivity contribution is -0.384. The Morgan fingerprint density at radius 3 is 2.38 bits per heavy atom. The second-order valence-electron chi connectivity index (χ2n) is 6.22. The molecule has 4 rings (SSSR count). The van der Waals surface area contributed by atoms with E-state index in [2.05, 4.69) is 5.32 Å². The summed E-state index contributed by atoms with van der Waals surface area (Å²) in [6.45, 7) is 0. The van der Waals surface area contributed by atoms with Crippen molar-refractivity contribution in [2.75, 3.05) is 4.90 Å². The quantitative estimate of drug-likeness (QED) is 0.351. The molecule has 1 aromatic heterocycles. The largest absolute Gasteiger partial charge is 0.465 e. The number of nitrogens with zero attached hydrogens (tertiary/aromatic N) is 2. The normalized spacial score (nSPS) is 17.6. The number of hydrogen-bond donors (Lipinski definition) is 1. The molecule has 1 fully saturated rings. The average molecular weight is 430 g/mol. The van der Waals surface area contributed by atoms with Gasteiger partial charge in [-0.15, -0.1) is 0 Å². The van der Waals surface area contributed by atoms with Gasteiger partial charge in [0, 0.05) is 18.2 Å². The SMILES string of the molecule is O=C1C(=Cc2ccco2)NC(c2ccccc2)N1c1c(Cl)cc([N+](=O)[O-])cc1Cl. The fourth-order valence-corrected chi connectivity index (χ4v) is 3.78. The summed E-state index contributed by atoms with van der Waals surface area (Å²) in [7, 11) is 0. The van der Waals surface area contributed by atoms with Crippen molar-refractivity contribution in [1.29, 1.82) is 0 Å². The zero-order valence-electron chi connectivity index (χ0n) is 14.7. The van der Waals surface area contributed by atoms with Crippen LogP contribution in [0.15, 0.2) is 71.0 Å². The number of nitro groups is 1. The molecule has 1 atom stereocenters. The third-order valence-electron chi connectivity index (χ3n) is 4.40. The molecule has 0 spiro atoms. The van der Waals surface area contributed by atoms with Crippen LogP contribution < -0.4 is 10.2 Å². The molecule has 29 heavy (non-hydrogen) atoms. The molecule has 0 radical (unpaired) electrons. The highest BCUT2D eigenvalue weighted by Crippen LogP contribution is 2.43. The number of furan rings is 1. The van der Waals surface area contributed by atoms with Gasteiger partial charge < -0.3 is 9.73 Å². The third kappa shape index (κ3) is 3.57. The maximum absolute atomic E-state index is 13.2. The van der Waals surface area contributed by atoms with Gasteiger partial charge in [0.05, 0.1) is 26.9 Å². The van der Waals surface area contributed by atoms with E-state index >= 15 is 0 Å². The first-order valence-electron chi connectivity index (χ1n) is 8.49. The van der Waals surface area contributed by atoms with E-state index in [0.717, 1.165) is 5.56 Å². The van der Waals surface area contributed by atoms with Crippen LogP contribution in [0.1, 0.15) is 17.5 Å². The van der Waals surface area contributed by atoms with Crippen molar-refractivity contribution < 1.29 is 14.1 Å². The summed E-state index contributed by atoms with van der Waals surface area (Å²) in [6, 6.07) is 15.0. The first kappa shape index (κ1) is 19.0. The minimum atomic E-state index is -0.610. The summed E-state index contributed by atoms with van der Waals surface area (Å²) in [6.07, 6.45) is 2.47. The standard InChI is InChI=1S/C20H13Cl2N3O4/c21-15-9-13(25(27)28)10-16(22)18(15)24-19(12-5-2-1-3-6-12)23-17(20(24)26)11-14-7-4-8-29-14/h1-11,19,23H. The Kier molecular flexibility index (Phi) is 5.00. The van der Waals surface area contributed by atoms with Gasteiger partial charge in [0.25, 0.3) is 11.6 Å². The first-order valence-corrected chi connectivity index (χ1v) is 9.25. The molecule has 7 nitrogen and oxygen atoms in total. The van der Waals surface area contributed by atoms with Crippen LogP contribution in [-0.4, -0.2) is 10.8 Å². The number of halogens is 2. The molecule has 1 unspecified atom stereocenters. The Bertz CT molecular complexity index is 1090. The van der Waals surface area contributed by atoms with Gasteiger partial charge in [-0.1, -0.05) is 53.5 Å². The number of anilines is 1. The van der Waals surface area contributed by atoms with Crippen molar-refractivity contribution in [3.05, 3.63) is 98.0 Å². The van der Waals surface area contributed by atoms with E-state index in [1.807, 2.05) is 30.3 Å². The van der Waals surface area contributed by atoms with Crippen LogP contribution in [0.5, 0.6) is 0 Å². The van der Waals surface area contributed by atoms with E-state index < -0.39 is 17.0 Å². The van der Waals surface area contributed by atoms with E-state index in [-0.39, 0.29) is 27.1 Å². The molecule has 0 saturated carbocycles. The Morgan fingerprint density at radius 2 is 1.79 bits per heavy atom. The number of nitrogens with one attached hydrogen (secondary N) is 1. The fraction of sp³-hybridized carbons (Fsp3) is 0.0500. The van der Waals surface area contributed by atoms with Crippen LogP contribution in [0.3, 0.4) is 0 Å². The molecule has 146 valence electrons. The molecule has 2 aromatic carbocycles. The highest BCUT2D eigenvalue weighted by Gasteiger charge is 2.39. The molecular weight excluding hydrogens is 417 g/mol. The minimum absolute atomic E-state index is 0.000435. The average Bonchev–Trinajstić information content (AvgIpc) is 3.32. The van der Waals surface area contributed by atoms with Crippen LogP contribution in [0.4, 0.5) is 11.4 Å². The number of nitro benzene ring substituents is 1. The molecule has 1 aliphatic heterocycles. The minimum Gasteiger partial charge on any atom is -0.465 e. The van der Waals surface area contributed by atoms with Gasteiger partial charge in [-0.25, -0.2) is 0 Å². The Balaban J connectivity index is 1.85. The molecular formula is C20H13Cl2N3O4.